The first-order chi connectivity index (χ1) is 12.7. The monoisotopic (exact) mass is 360 g/mol. The van der Waals surface area contributed by atoms with Gasteiger partial charge < -0.3 is 20.3 Å². The van der Waals surface area contributed by atoms with E-state index >= 15 is 0 Å². The number of ether oxygens (including phenoxy) is 1. The van der Waals surface area contributed by atoms with Crippen LogP contribution in [0, 0.1) is 0 Å². The number of nitrogens with zero attached hydrogens (tertiary/aromatic N) is 2. The molecule has 2 N–H and O–H groups in total. The smallest absolute Gasteiger partial charge is 0.227 e. The van der Waals surface area contributed by atoms with Crippen molar-refractivity contribution < 1.29 is 9.53 Å². The Bertz CT molecular complexity index is 572. The lowest BCUT2D eigenvalue weighted by Gasteiger charge is -2.16. The van der Waals surface area contributed by atoms with Crippen molar-refractivity contribution in [3.8, 4) is 0 Å². The molecule has 1 heterocycles. The maximum Gasteiger partial charge on any atom is 0.227 e. The molecule has 0 spiro atoms. The number of benzene rings is 1. The molecular weight excluding hydrogens is 328 g/mol. The fourth-order valence-electron chi connectivity index (χ4n) is 2.89. The van der Waals surface area contributed by atoms with Crippen LogP contribution in [-0.4, -0.2) is 44.7 Å². The fourth-order valence-corrected chi connectivity index (χ4v) is 2.89. The molecule has 1 aromatic carbocycles. The molecule has 1 aliphatic rings. The summed E-state index contributed by atoms with van der Waals surface area (Å²) in [4.78, 5) is 18.3. The minimum Gasteiger partial charge on any atom is -0.382 e. The topological polar surface area (TPSA) is 66.0 Å². The van der Waals surface area contributed by atoms with Crippen molar-refractivity contribution in [2.75, 3.05) is 37.7 Å². The summed E-state index contributed by atoms with van der Waals surface area (Å²) in [6.07, 6.45) is 3.72. The number of nitrogens with one attached hydrogen (secondary N) is 2. The molecular formula is C20H32N4O2. The third-order valence-corrected chi connectivity index (χ3v) is 4.30. The number of rotatable bonds is 10. The van der Waals surface area contributed by atoms with Crippen LogP contribution in [0.1, 0.15) is 45.1 Å². The lowest BCUT2D eigenvalue weighted by Crippen LogP contribution is -2.37. The van der Waals surface area contributed by atoms with Crippen LogP contribution in [0.4, 0.5) is 5.69 Å². The molecule has 0 atom stereocenters. The van der Waals surface area contributed by atoms with E-state index in [1.807, 2.05) is 24.0 Å². The van der Waals surface area contributed by atoms with Gasteiger partial charge in [-0.2, -0.15) is 0 Å². The van der Waals surface area contributed by atoms with Gasteiger partial charge in [0.1, 0.15) is 0 Å². The molecule has 0 bridgehead atoms. The number of carbonyl (C=O) groups excluding carboxylic acids is 1. The second-order valence-corrected chi connectivity index (χ2v) is 6.34. The molecule has 26 heavy (non-hydrogen) atoms. The van der Waals surface area contributed by atoms with E-state index < -0.39 is 0 Å². The van der Waals surface area contributed by atoms with Crippen molar-refractivity contribution in [3.63, 3.8) is 0 Å². The van der Waals surface area contributed by atoms with Crippen molar-refractivity contribution in [2.24, 2.45) is 4.99 Å². The lowest BCUT2D eigenvalue weighted by atomic mass is 10.2. The van der Waals surface area contributed by atoms with Crippen molar-refractivity contribution in [2.45, 2.75) is 46.1 Å². The minimum atomic E-state index is 0.221. The van der Waals surface area contributed by atoms with Gasteiger partial charge in [-0.05, 0) is 50.8 Å². The second kappa shape index (κ2) is 11.5. The molecule has 0 aromatic heterocycles. The van der Waals surface area contributed by atoms with Gasteiger partial charge in [-0.3, -0.25) is 4.79 Å². The summed E-state index contributed by atoms with van der Waals surface area (Å²) >= 11 is 0. The van der Waals surface area contributed by atoms with E-state index in [2.05, 4.69) is 34.7 Å². The number of hydrogen-bond donors (Lipinski definition) is 2. The van der Waals surface area contributed by atoms with E-state index in [0.29, 0.717) is 13.0 Å². The number of unbranched alkanes of at least 4 members (excludes halogenated alkanes) is 1. The zero-order chi connectivity index (χ0) is 18.6. The standard InChI is InChI=1S/C20H32N4O2/c1-3-21-20(22-13-5-6-15-26-4-2)23-16-17-9-11-18(12-10-17)24-14-7-8-19(24)25/h9-12H,3-8,13-16H2,1-2H3,(H2,21,22,23). The Hall–Kier alpha value is -2.08. The molecule has 6 nitrogen and oxygen atoms in total. The maximum atomic E-state index is 11.8. The highest BCUT2D eigenvalue weighted by atomic mass is 16.5. The Labute approximate surface area is 157 Å². The lowest BCUT2D eigenvalue weighted by molar-refractivity contribution is -0.117. The molecule has 1 aliphatic heterocycles. The Morgan fingerprint density at radius 1 is 1.19 bits per heavy atom. The summed E-state index contributed by atoms with van der Waals surface area (Å²) in [7, 11) is 0. The fraction of sp³-hybridized carbons (Fsp3) is 0.600. The van der Waals surface area contributed by atoms with Gasteiger partial charge in [-0.25, -0.2) is 4.99 Å². The van der Waals surface area contributed by atoms with E-state index in [0.717, 1.165) is 69.3 Å². The third kappa shape index (κ3) is 6.67. The van der Waals surface area contributed by atoms with Crippen LogP contribution in [0.15, 0.2) is 29.3 Å². The van der Waals surface area contributed by atoms with Crippen LogP contribution in [0.3, 0.4) is 0 Å². The molecule has 0 radical (unpaired) electrons. The van der Waals surface area contributed by atoms with Gasteiger partial charge in [0.05, 0.1) is 6.54 Å². The molecule has 1 aromatic rings. The Morgan fingerprint density at radius 2 is 2.00 bits per heavy atom. The van der Waals surface area contributed by atoms with Crippen molar-refractivity contribution >= 4 is 17.6 Å². The summed E-state index contributed by atoms with van der Waals surface area (Å²) in [5, 5.41) is 6.63. The summed E-state index contributed by atoms with van der Waals surface area (Å²) in [6.45, 7) is 8.84. The van der Waals surface area contributed by atoms with Gasteiger partial charge in [0.25, 0.3) is 0 Å². The number of hydrogen-bond acceptors (Lipinski definition) is 3. The van der Waals surface area contributed by atoms with Gasteiger partial charge in [0.15, 0.2) is 5.96 Å². The Morgan fingerprint density at radius 3 is 2.65 bits per heavy atom. The van der Waals surface area contributed by atoms with Gasteiger partial charge in [0, 0.05) is 45.0 Å². The number of guanidine groups is 1. The number of amides is 1. The van der Waals surface area contributed by atoms with Crippen LogP contribution < -0.4 is 15.5 Å². The normalized spacial score (nSPS) is 14.8. The molecule has 2 rings (SSSR count). The quantitative estimate of drug-likeness (QED) is 0.382. The highest BCUT2D eigenvalue weighted by Crippen LogP contribution is 2.21. The SMILES string of the molecule is CCNC(=NCc1ccc(N2CCCC2=O)cc1)NCCCCOCC. The van der Waals surface area contributed by atoms with Gasteiger partial charge in [-0.15, -0.1) is 0 Å². The van der Waals surface area contributed by atoms with Crippen LogP contribution in [0.2, 0.25) is 0 Å². The predicted octanol–water partition coefficient (Wildman–Crippen LogP) is 2.69. The third-order valence-electron chi connectivity index (χ3n) is 4.30. The molecule has 1 amide bonds. The number of aliphatic imine (C=N–C) groups is 1. The first-order valence-electron chi connectivity index (χ1n) is 9.73. The van der Waals surface area contributed by atoms with E-state index in [-0.39, 0.29) is 5.91 Å². The number of carbonyl (C=O) groups is 1. The zero-order valence-corrected chi connectivity index (χ0v) is 16.1. The predicted molar refractivity (Wildman–Crippen MR) is 107 cm³/mol. The molecule has 1 saturated heterocycles. The van der Waals surface area contributed by atoms with Crippen LogP contribution in [0.5, 0.6) is 0 Å². The van der Waals surface area contributed by atoms with E-state index in [4.69, 9.17) is 4.74 Å². The largest absolute Gasteiger partial charge is 0.382 e. The highest BCUT2D eigenvalue weighted by Gasteiger charge is 2.21. The first kappa shape index (κ1) is 20.2. The molecule has 6 heteroatoms. The molecule has 0 aliphatic carbocycles. The Balaban J connectivity index is 1.81. The van der Waals surface area contributed by atoms with Crippen LogP contribution in [0.25, 0.3) is 0 Å². The average molecular weight is 361 g/mol. The zero-order valence-electron chi connectivity index (χ0n) is 16.1. The second-order valence-electron chi connectivity index (χ2n) is 6.34. The van der Waals surface area contributed by atoms with Crippen LogP contribution in [-0.2, 0) is 16.1 Å². The Kier molecular flexibility index (Phi) is 8.96. The van der Waals surface area contributed by atoms with Crippen molar-refractivity contribution in [1.29, 1.82) is 0 Å². The van der Waals surface area contributed by atoms with Gasteiger partial charge in [-0.1, -0.05) is 12.1 Å². The highest BCUT2D eigenvalue weighted by molar-refractivity contribution is 5.95. The van der Waals surface area contributed by atoms with Crippen molar-refractivity contribution in [1.82, 2.24) is 10.6 Å². The van der Waals surface area contributed by atoms with E-state index in [1.54, 1.807) is 0 Å². The minimum absolute atomic E-state index is 0.221. The van der Waals surface area contributed by atoms with Gasteiger partial charge >= 0.3 is 0 Å². The first-order valence-corrected chi connectivity index (χ1v) is 9.73. The summed E-state index contributed by atoms with van der Waals surface area (Å²) in [5.41, 5.74) is 2.12. The summed E-state index contributed by atoms with van der Waals surface area (Å²) in [6, 6.07) is 8.14. The average Bonchev–Trinajstić information content (AvgIpc) is 3.09. The van der Waals surface area contributed by atoms with Crippen LogP contribution >= 0.6 is 0 Å². The summed E-state index contributed by atoms with van der Waals surface area (Å²) < 4.78 is 5.35. The summed E-state index contributed by atoms with van der Waals surface area (Å²) in [5.74, 6) is 1.06. The molecule has 1 fully saturated rings. The van der Waals surface area contributed by atoms with Crippen molar-refractivity contribution in [3.05, 3.63) is 29.8 Å². The maximum absolute atomic E-state index is 11.8. The van der Waals surface area contributed by atoms with E-state index in [9.17, 15) is 4.79 Å². The number of anilines is 1. The molecule has 0 saturated carbocycles. The molecule has 0 unspecified atom stereocenters. The van der Waals surface area contributed by atoms with Gasteiger partial charge in [0.2, 0.25) is 5.91 Å². The van der Waals surface area contributed by atoms with E-state index in [1.165, 1.54) is 0 Å². The molecule has 144 valence electrons.